The third-order valence-electron chi connectivity index (χ3n) is 3.75. The van der Waals surface area contributed by atoms with Crippen molar-refractivity contribution in [3.05, 3.63) is 34.9 Å². The highest BCUT2D eigenvalue weighted by Gasteiger charge is 2.17. The van der Waals surface area contributed by atoms with Crippen LogP contribution in [0.5, 0.6) is 0 Å². The monoisotopic (exact) mass is 333 g/mol. The van der Waals surface area contributed by atoms with E-state index in [0.29, 0.717) is 0 Å². The van der Waals surface area contributed by atoms with Gasteiger partial charge in [0.25, 0.3) is 0 Å². The molecule has 0 aromatic heterocycles. The van der Waals surface area contributed by atoms with E-state index in [0.717, 1.165) is 5.56 Å². The molecule has 24 heavy (non-hydrogen) atoms. The molecule has 1 rings (SSSR count). The maximum atomic E-state index is 12.2. The second-order valence-corrected chi connectivity index (χ2v) is 7.60. The summed E-state index contributed by atoms with van der Waals surface area (Å²) >= 11 is 0. The standard InChI is InChI=1S/C19H31N3O2/c1-13-8-9-16(10-14(13)2)15(3)20-17(23)11-22(7)12-18(24)21-19(4,5)6/h8-10,15H,11-12H2,1-7H3,(H,20,23)(H,21,24)/t15-/m1/s1. The van der Waals surface area contributed by atoms with E-state index in [1.807, 2.05) is 33.8 Å². The number of nitrogens with zero attached hydrogens (tertiary/aromatic N) is 1. The third-order valence-corrected chi connectivity index (χ3v) is 3.75. The summed E-state index contributed by atoms with van der Waals surface area (Å²) in [4.78, 5) is 25.8. The molecule has 0 unspecified atom stereocenters. The second kappa shape index (κ2) is 8.29. The van der Waals surface area contributed by atoms with Gasteiger partial charge < -0.3 is 10.6 Å². The topological polar surface area (TPSA) is 61.4 Å². The maximum absolute atomic E-state index is 12.2. The van der Waals surface area contributed by atoms with Gasteiger partial charge in [0, 0.05) is 5.54 Å². The van der Waals surface area contributed by atoms with Crippen LogP contribution in [0.1, 0.15) is 50.4 Å². The van der Waals surface area contributed by atoms with Crippen LogP contribution in [0.15, 0.2) is 18.2 Å². The normalized spacial score (nSPS) is 12.8. The van der Waals surface area contributed by atoms with Gasteiger partial charge >= 0.3 is 0 Å². The average Bonchev–Trinajstić information content (AvgIpc) is 2.38. The molecule has 134 valence electrons. The van der Waals surface area contributed by atoms with Crippen molar-refractivity contribution < 1.29 is 9.59 Å². The number of carbonyl (C=O) groups excluding carboxylic acids is 2. The number of amides is 2. The fraction of sp³-hybridized carbons (Fsp3) is 0.579. The Kier molecular flexibility index (Phi) is 6.96. The molecule has 0 saturated heterocycles. The number of hydrogen-bond acceptors (Lipinski definition) is 3. The Hall–Kier alpha value is -1.88. The first-order valence-corrected chi connectivity index (χ1v) is 8.34. The predicted octanol–water partition coefficient (Wildman–Crippen LogP) is 2.33. The van der Waals surface area contributed by atoms with E-state index in [1.54, 1.807) is 11.9 Å². The molecule has 5 heteroatoms. The molecule has 0 aliphatic carbocycles. The van der Waals surface area contributed by atoms with Crippen LogP contribution in [0, 0.1) is 13.8 Å². The summed E-state index contributed by atoms with van der Waals surface area (Å²) in [5.41, 5.74) is 3.27. The molecular weight excluding hydrogens is 302 g/mol. The van der Waals surface area contributed by atoms with E-state index in [-0.39, 0.29) is 36.5 Å². The van der Waals surface area contributed by atoms with Crippen LogP contribution in [0.3, 0.4) is 0 Å². The minimum absolute atomic E-state index is 0.0615. The van der Waals surface area contributed by atoms with Crippen molar-refractivity contribution in [1.82, 2.24) is 15.5 Å². The Labute approximate surface area is 145 Å². The number of benzene rings is 1. The van der Waals surface area contributed by atoms with Crippen LogP contribution >= 0.6 is 0 Å². The van der Waals surface area contributed by atoms with E-state index in [2.05, 4.69) is 36.6 Å². The summed E-state index contributed by atoms with van der Waals surface area (Å²) in [7, 11) is 1.77. The number of hydrogen-bond donors (Lipinski definition) is 2. The summed E-state index contributed by atoms with van der Waals surface area (Å²) in [6, 6.07) is 6.14. The SMILES string of the molecule is Cc1ccc([C@@H](C)NC(=O)CN(C)CC(=O)NC(C)(C)C)cc1C. The van der Waals surface area contributed by atoms with Crippen molar-refractivity contribution in [2.75, 3.05) is 20.1 Å². The second-order valence-electron chi connectivity index (χ2n) is 7.60. The molecule has 0 spiro atoms. The molecule has 0 saturated carbocycles. The Morgan fingerprint density at radius 2 is 1.67 bits per heavy atom. The highest BCUT2D eigenvalue weighted by Crippen LogP contribution is 2.16. The Balaban J connectivity index is 2.50. The lowest BCUT2D eigenvalue weighted by molar-refractivity contribution is -0.125. The van der Waals surface area contributed by atoms with Crippen LogP contribution in [0.2, 0.25) is 0 Å². The first-order valence-electron chi connectivity index (χ1n) is 8.34. The number of likely N-dealkylation sites (N-methyl/N-ethyl adjacent to an activating group) is 1. The summed E-state index contributed by atoms with van der Waals surface area (Å²) < 4.78 is 0. The summed E-state index contributed by atoms with van der Waals surface area (Å²) in [6.07, 6.45) is 0. The molecule has 0 aliphatic heterocycles. The van der Waals surface area contributed by atoms with Gasteiger partial charge in [-0.25, -0.2) is 0 Å². The molecule has 0 heterocycles. The predicted molar refractivity (Wildman–Crippen MR) is 97.9 cm³/mol. The van der Waals surface area contributed by atoms with Gasteiger partial charge in [0.15, 0.2) is 0 Å². The smallest absolute Gasteiger partial charge is 0.234 e. The zero-order valence-electron chi connectivity index (χ0n) is 16.0. The fourth-order valence-corrected chi connectivity index (χ4v) is 2.41. The minimum Gasteiger partial charge on any atom is -0.350 e. The first-order chi connectivity index (χ1) is 11.0. The molecule has 2 amide bonds. The lowest BCUT2D eigenvalue weighted by atomic mass is 10.0. The summed E-state index contributed by atoms with van der Waals surface area (Å²) in [5, 5.41) is 5.87. The molecular formula is C19H31N3O2. The van der Waals surface area contributed by atoms with Gasteiger partial charge in [-0.15, -0.1) is 0 Å². The number of nitrogens with one attached hydrogen (secondary N) is 2. The zero-order chi connectivity index (χ0) is 18.5. The average molecular weight is 333 g/mol. The quantitative estimate of drug-likeness (QED) is 0.840. The number of carbonyl (C=O) groups is 2. The number of aryl methyl sites for hydroxylation is 2. The van der Waals surface area contributed by atoms with Crippen molar-refractivity contribution in [3.8, 4) is 0 Å². The summed E-state index contributed by atoms with van der Waals surface area (Å²) in [5.74, 6) is -0.174. The molecule has 1 aromatic rings. The molecule has 5 nitrogen and oxygen atoms in total. The van der Waals surface area contributed by atoms with Crippen molar-refractivity contribution in [1.29, 1.82) is 0 Å². The van der Waals surface area contributed by atoms with Crippen LogP contribution in [0.4, 0.5) is 0 Å². The van der Waals surface area contributed by atoms with Crippen molar-refractivity contribution in [3.63, 3.8) is 0 Å². The molecule has 0 radical (unpaired) electrons. The van der Waals surface area contributed by atoms with Gasteiger partial charge in [0.2, 0.25) is 11.8 Å². The molecule has 2 N–H and O–H groups in total. The van der Waals surface area contributed by atoms with Gasteiger partial charge in [-0.05, 0) is 65.3 Å². The van der Waals surface area contributed by atoms with Crippen LogP contribution in [-0.4, -0.2) is 42.4 Å². The van der Waals surface area contributed by atoms with E-state index in [1.165, 1.54) is 11.1 Å². The maximum Gasteiger partial charge on any atom is 0.234 e. The molecule has 0 aliphatic rings. The fourth-order valence-electron chi connectivity index (χ4n) is 2.41. The third kappa shape index (κ3) is 7.13. The van der Waals surface area contributed by atoms with Crippen LogP contribution in [0.25, 0.3) is 0 Å². The van der Waals surface area contributed by atoms with Gasteiger partial charge in [0.1, 0.15) is 0 Å². The Bertz CT molecular complexity index is 591. The lowest BCUT2D eigenvalue weighted by Gasteiger charge is -2.23. The molecule has 1 aromatic carbocycles. The van der Waals surface area contributed by atoms with Gasteiger partial charge in [0.05, 0.1) is 19.1 Å². The Morgan fingerprint density at radius 1 is 1.08 bits per heavy atom. The van der Waals surface area contributed by atoms with Gasteiger partial charge in [-0.1, -0.05) is 18.2 Å². The molecule has 0 bridgehead atoms. The molecule has 1 atom stereocenters. The highest BCUT2D eigenvalue weighted by atomic mass is 16.2. The largest absolute Gasteiger partial charge is 0.350 e. The van der Waals surface area contributed by atoms with Crippen LogP contribution in [-0.2, 0) is 9.59 Å². The van der Waals surface area contributed by atoms with E-state index in [9.17, 15) is 9.59 Å². The Morgan fingerprint density at radius 3 is 2.21 bits per heavy atom. The lowest BCUT2D eigenvalue weighted by Crippen LogP contribution is -2.47. The van der Waals surface area contributed by atoms with E-state index < -0.39 is 0 Å². The minimum atomic E-state index is -0.266. The first kappa shape index (κ1) is 20.2. The van der Waals surface area contributed by atoms with Gasteiger partial charge in [-0.2, -0.15) is 0 Å². The van der Waals surface area contributed by atoms with Gasteiger partial charge in [-0.3, -0.25) is 14.5 Å². The highest BCUT2D eigenvalue weighted by molar-refractivity contribution is 5.81. The summed E-state index contributed by atoms with van der Waals surface area (Å²) in [6.45, 7) is 12.3. The van der Waals surface area contributed by atoms with E-state index >= 15 is 0 Å². The molecule has 0 fully saturated rings. The zero-order valence-corrected chi connectivity index (χ0v) is 16.0. The number of rotatable bonds is 6. The van der Waals surface area contributed by atoms with Crippen molar-refractivity contribution >= 4 is 11.8 Å². The van der Waals surface area contributed by atoms with E-state index in [4.69, 9.17) is 0 Å². The van der Waals surface area contributed by atoms with Crippen LogP contribution < -0.4 is 10.6 Å². The van der Waals surface area contributed by atoms with Crippen molar-refractivity contribution in [2.24, 2.45) is 0 Å². The van der Waals surface area contributed by atoms with Crippen molar-refractivity contribution in [2.45, 2.75) is 53.1 Å².